The molecule has 1 atom stereocenters. The number of hydrogen-bond donors (Lipinski definition) is 0. The maximum atomic E-state index is 5.79. The van der Waals surface area contributed by atoms with Crippen LogP contribution in [0.2, 0.25) is 0 Å². The Morgan fingerprint density at radius 3 is 2.33 bits per heavy atom. The molecule has 1 aromatic rings. The monoisotopic (exact) mass is 440 g/mol. The Morgan fingerprint density at radius 1 is 0.963 bits per heavy atom. The number of aryl methyl sites for hydroxylation is 1. The van der Waals surface area contributed by atoms with Crippen molar-refractivity contribution in [3.63, 3.8) is 0 Å². The van der Waals surface area contributed by atoms with Crippen LogP contribution < -0.4 is 4.74 Å². The van der Waals surface area contributed by atoms with Gasteiger partial charge in [0.25, 0.3) is 0 Å². The second-order valence-corrected chi connectivity index (χ2v) is 9.54. The molecule has 0 saturated carbocycles. The Bertz CT molecular complexity index is 508. The first kappa shape index (κ1) is 24.5. The number of hydrogen-bond acceptors (Lipinski definition) is 2. The molecule has 0 bridgehead atoms. The van der Waals surface area contributed by atoms with Gasteiger partial charge in [0, 0.05) is 4.47 Å². The van der Waals surface area contributed by atoms with Gasteiger partial charge in [-0.05, 0) is 54.4 Å². The van der Waals surface area contributed by atoms with Gasteiger partial charge in [-0.1, -0.05) is 89.1 Å². The summed E-state index contributed by atoms with van der Waals surface area (Å²) in [5, 5.41) is 0. The highest BCUT2D eigenvalue weighted by Crippen LogP contribution is 2.33. The Labute approximate surface area is 176 Å². The minimum atomic E-state index is 0.332. The van der Waals surface area contributed by atoms with E-state index in [-0.39, 0.29) is 0 Å². The van der Waals surface area contributed by atoms with Crippen molar-refractivity contribution in [1.82, 2.24) is 0 Å². The van der Waals surface area contributed by atoms with Crippen molar-refractivity contribution < 1.29 is 9.47 Å². The minimum absolute atomic E-state index is 0.332. The zero-order valence-electron chi connectivity index (χ0n) is 18.3. The van der Waals surface area contributed by atoms with E-state index < -0.39 is 0 Å². The summed E-state index contributed by atoms with van der Waals surface area (Å²) in [6, 6.07) is 6.12. The first-order chi connectivity index (χ1) is 12.9. The van der Waals surface area contributed by atoms with Crippen LogP contribution in [-0.4, -0.2) is 13.4 Å². The largest absolute Gasteiger partial charge is 0.468 e. The molecular formula is C24H41BrO2. The average molecular weight is 441 g/mol. The van der Waals surface area contributed by atoms with Crippen LogP contribution in [0.4, 0.5) is 0 Å². The molecule has 1 rings (SSSR count). The summed E-state index contributed by atoms with van der Waals surface area (Å²) >= 11 is 3.57. The lowest BCUT2D eigenvalue weighted by Gasteiger charge is -2.31. The lowest BCUT2D eigenvalue weighted by atomic mass is 9.76. The van der Waals surface area contributed by atoms with E-state index in [2.05, 4.69) is 56.6 Å². The van der Waals surface area contributed by atoms with Crippen LogP contribution in [0.1, 0.15) is 91.5 Å². The Morgan fingerprint density at radius 2 is 1.67 bits per heavy atom. The summed E-state index contributed by atoms with van der Waals surface area (Å²) in [6.07, 6.45) is 11.6. The van der Waals surface area contributed by atoms with Crippen molar-refractivity contribution in [3.8, 4) is 5.75 Å². The van der Waals surface area contributed by atoms with Crippen LogP contribution in [0, 0.1) is 11.3 Å². The van der Waals surface area contributed by atoms with Crippen LogP contribution in [0.15, 0.2) is 22.7 Å². The number of rotatable bonds is 14. The third-order valence-corrected chi connectivity index (χ3v) is 6.22. The van der Waals surface area contributed by atoms with Gasteiger partial charge in [0.05, 0.1) is 6.61 Å². The molecule has 0 N–H and O–H groups in total. The highest BCUT2D eigenvalue weighted by atomic mass is 79.9. The molecule has 0 amide bonds. The third kappa shape index (κ3) is 10.5. The van der Waals surface area contributed by atoms with E-state index in [4.69, 9.17) is 9.47 Å². The molecule has 3 heteroatoms. The molecule has 0 aliphatic heterocycles. The maximum absolute atomic E-state index is 5.79. The summed E-state index contributed by atoms with van der Waals surface area (Å²) in [5.74, 6) is 1.59. The van der Waals surface area contributed by atoms with E-state index in [9.17, 15) is 0 Å². The minimum Gasteiger partial charge on any atom is -0.468 e. The van der Waals surface area contributed by atoms with Crippen molar-refractivity contribution in [1.29, 1.82) is 0 Å². The molecule has 1 unspecified atom stereocenters. The highest BCUT2D eigenvalue weighted by Gasteiger charge is 2.23. The van der Waals surface area contributed by atoms with Crippen molar-refractivity contribution in [3.05, 3.63) is 28.2 Å². The second kappa shape index (κ2) is 13.6. The van der Waals surface area contributed by atoms with Gasteiger partial charge in [0.1, 0.15) is 5.75 Å². The van der Waals surface area contributed by atoms with Gasteiger partial charge in [-0.3, -0.25) is 0 Å². The van der Waals surface area contributed by atoms with Gasteiger partial charge >= 0.3 is 0 Å². The number of ether oxygens (including phenoxy) is 2. The van der Waals surface area contributed by atoms with Crippen molar-refractivity contribution in [2.24, 2.45) is 11.3 Å². The van der Waals surface area contributed by atoms with E-state index in [1.54, 1.807) is 0 Å². The molecule has 0 saturated heterocycles. The molecule has 0 aromatic heterocycles. The van der Waals surface area contributed by atoms with E-state index in [0.29, 0.717) is 18.1 Å². The molecule has 27 heavy (non-hydrogen) atoms. The molecule has 0 fully saturated rings. The predicted octanol–water partition coefficient (Wildman–Crippen LogP) is 8.17. The number of benzene rings is 1. The zero-order valence-corrected chi connectivity index (χ0v) is 19.9. The van der Waals surface area contributed by atoms with Crippen LogP contribution in [-0.2, 0) is 11.2 Å². The van der Waals surface area contributed by atoms with Crippen LogP contribution in [0.5, 0.6) is 5.75 Å². The van der Waals surface area contributed by atoms with E-state index in [0.717, 1.165) is 29.7 Å². The van der Waals surface area contributed by atoms with E-state index >= 15 is 0 Å². The first-order valence-electron chi connectivity index (χ1n) is 10.9. The van der Waals surface area contributed by atoms with Gasteiger partial charge < -0.3 is 9.47 Å². The first-order valence-corrected chi connectivity index (χ1v) is 11.7. The number of halogens is 1. The zero-order chi connectivity index (χ0) is 20.1. The summed E-state index contributed by atoms with van der Waals surface area (Å²) < 4.78 is 12.7. The molecule has 0 aliphatic carbocycles. The quantitative estimate of drug-likeness (QED) is 0.214. The molecule has 0 aliphatic rings. The fraction of sp³-hybridized carbons (Fsp3) is 0.750. The van der Waals surface area contributed by atoms with Gasteiger partial charge in [-0.15, -0.1) is 0 Å². The average Bonchev–Trinajstić information content (AvgIpc) is 2.62. The molecule has 0 radical (unpaired) electrons. The van der Waals surface area contributed by atoms with Gasteiger partial charge in [0.2, 0.25) is 0 Å². The smallest absolute Gasteiger partial charge is 0.189 e. The standard InChI is InChI=1S/C24H41BrO2/c1-6-8-9-10-11-12-13-21(24(3,4)5)16-17-26-19-27-22-14-15-23(25)20(7-2)18-22/h14-15,18,21H,6-13,16-17,19H2,1-5H3. The highest BCUT2D eigenvalue weighted by molar-refractivity contribution is 9.10. The Balaban J connectivity index is 2.27. The normalized spacial score (nSPS) is 13.0. The third-order valence-electron chi connectivity index (χ3n) is 5.45. The topological polar surface area (TPSA) is 18.5 Å². The molecule has 2 nitrogen and oxygen atoms in total. The summed E-state index contributed by atoms with van der Waals surface area (Å²) in [5.41, 5.74) is 1.61. The molecule has 1 aromatic carbocycles. The SMILES string of the molecule is CCCCCCCCC(CCOCOc1ccc(Br)c(CC)c1)C(C)(C)C. The lowest BCUT2D eigenvalue weighted by molar-refractivity contribution is 0.00190. The Hall–Kier alpha value is -0.540. The molecular weight excluding hydrogens is 400 g/mol. The number of unbranched alkanes of at least 4 members (excludes halogenated alkanes) is 5. The molecule has 0 heterocycles. The van der Waals surface area contributed by atoms with Crippen molar-refractivity contribution in [2.75, 3.05) is 13.4 Å². The summed E-state index contributed by atoms with van der Waals surface area (Å²) in [6.45, 7) is 12.6. The van der Waals surface area contributed by atoms with Gasteiger partial charge in [-0.2, -0.15) is 0 Å². The second-order valence-electron chi connectivity index (χ2n) is 8.69. The molecule has 156 valence electrons. The molecule has 0 spiro atoms. The summed E-state index contributed by atoms with van der Waals surface area (Å²) in [4.78, 5) is 0. The van der Waals surface area contributed by atoms with E-state index in [1.807, 2.05) is 12.1 Å². The van der Waals surface area contributed by atoms with Crippen LogP contribution in [0.25, 0.3) is 0 Å². The summed E-state index contributed by atoms with van der Waals surface area (Å²) in [7, 11) is 0. The van der Waals surface area contributed by atoms with Crippen LogP contribution in [0.3, 0.4) is 0 Å². The van der Waals surface area contributed by atoms with Crippen molar-refractivity contribution >= 4 is 15.9 Å². The van der Waals surface area contributed by atoms with Gasteiger partial charge in [0.15, 0.2) is 6.79 Å². The van der Waals surface area contributed by atoms with Gasteiger partial charge in [-0.25, -0.2) is 0 Å². The van der Waals surface area contributed by atoms with Crippen LogP contribution >= 0.6 is 15.9 Å². The predicted molar refractivity (Wildman–Crippen MR) is 121 cm³/mol. The fourth-order valence-corrected chi connectivity index (χ4v) is 4.01. The fourth-order valence-electron chi connectivity index (χ4n) is 3.49. The van der Waals surface area contributed by atoms with E-state index in [1.165, 1.54) is 50.5 Å². The Kier molecular flexibility index (Phi) is 12.3. The maximum Gasteiger partial charge on any atom is 0.189 e. The van der Waals surface area contributed by atoms with Crippen molar-refractivity contribution in [2.45, 2.75) is 92.4 Å². The lowest BCUT2D eigenvalue weighted by Crippen LogP contribution is -2.22.